The van der Waals surface area contributed by atoms with Crippen LogP contribution in [0.2, 0.25) is 0 Å². The fourth-order valence-corrected chi connectivity index (χ4v) is 2.01. The van der Waals surface area contributed by atoms with Crippen LogP contribution in [0.5, 0.6) is 11.5 Å². The summed E-state index contributed by atoms with van der Waals surface area (Å²) in [6, 6.07) is 6.70. The zero-order chi connectivity index (χ0) is 15.7. The molecule has 114 valence electrons. The smallest absolute Gasteiger partial charge is 0.332 e. The number of nitrogens with zero attached hydrogens (tertiary/aromatic N) is 3. The second kappa shape index (κ2) is 5.40. The van der Waals surface area contributed by atoms with Gasteiger partial charge in [0.1, 0.15) is 5.82 Å². The third-order valence-corrected chi connectivity index (χ3v) is 3.32. The Labute approximate surface area is 125 Å². The predicted molar refractivity (Wildman–Crippen MR) is 80.7 cm³/mol. The highest BCUT2D eigenvalue weighted by Gasteiger charge is 2.12. The van der Waals surface area contributed by atoms with Crippen LogP contribution in [0.1, 0.15) is 5.56 Å². The molecular formula is C14H14N4O4. The second-order valence-corrected chi connectivity index (χ2v) is 4.75. The van der Waals surface area contributed by atoms with E-state index in [1.807, 2.05) is 6.07 Å². The molecule has 0 aliphatic carbocycles. The Bertz CT molecular complexity index is 866. The maximum absolute atomic E-state index is 11.8. The lowest BCUT2D eigenvalue weighted by atomic mass is 10.2. The van der Waals surface area contributed by atoms with Gasteiger partial charge >= 0.3 is 5.69 Å². The van der Waals surface area contributed by atoms with Crippen LogP contribution in [0, 0.1) is 0 Å². The molecule has 0 atom stereocenters. The predicted octanol–water partition coefficient (Wildman–Crippen LogP) is 0.259. The zero-order valence-corrected chi connectivity index (χ0v) is 12.1. The number of nitrogens with one attached hydrogen (secondary N) is 1. The number of hydrazone groups is 1. The molecule has 2 heterocycles. The monoisotopic (exact) mass is 302 g/mol. The zero-order valence-electron chi connectivity index (χ0n) is 12.1. The SMILES string of the molecule is Cn1c(N/N=C/c2ccc3c(c2)OCO3)cc(=O)n(C)c1=O. The first-order valence-corrected chi connectivity index (χ1v) is 6.52. The lowest BCUT2D eigenvalue weighted by Crippen LogP contribution is -2.37. The normalized spacial score (nSPS) is 12.8. The Kier molecular flexibility index (Phi) is 3.42. The number of anilines is 1. The van der Waals surface area contributed by atoms with E-state index >= 15 is 0 Å². The minimum Gasteiger partial charge on any atom is -0.454 e. The summed E-state index contributed by atoms with van der Waals surface area (Å²) in [5.74, 6) is 1.66. The molecule has 8 heteroatoms. The Hall–Kier alpha value is -3.03. The van der Waals surface area contributed by atoms with Crippen LogP contribution in [0.25, 0.3) is 0 Å². The van der Waals surface area contributed by atoms with Gasteiger partial charge in [-0.05, 0) is 23.8 Å². The van der Waals surface area contributed by atoms with E-state index < -0.39 is 11.2 Å². The molecule has 3 rings (SSSR count). The summed E-state index contributed by atoms with van der Waals surface area (Å²) in [7, 11) is 2.98. The van der Waals surface area contributed by atoms with Gasteiger partial charge in [0.25, 0.3) is 5.56 Å². The van der Waals surface area contributed by atoms with Gasteiger partial charge in [-0.15, -0.1) is 0 Å². The van der Waals surface area contributed by atoms with Gasteiger partial charge in [0.05, 0.1) is 6.21 Å². The first kappa shape index (κ1) is 13.9. The maximum Gasteiger partial charge on any atom is 0.332 e. The summed E-state index contributed by atoms with van der Waals surface area (Å²) in [5, 5.41) is 4.03. The maximum atomic E-state index is 11.8. The molecule has 0 radical (unpaired) electrons. The van der Waals surface area contributed by atoms with Crippen LogP contribution in [0.4, 0.5) is 5.82 Å². The third-order valence-electron chi connectivity index (χ3n) is 3.32. The van der Waals surface area contributed by atoms with Crippen molar-refractivity contribution in [2.45, 2.75) is 0 Å². The van der Waals surface area contributed by atoms with Crippen LogP contribution in [0.15, 0.2) is 39.0 Å². The first-order valence-electron chi connectivity index (χ1n) is 6.52. The number of rotatable bonds is 3. The molecule has 0 unspecified atom stereocenters. The molecule has 0 saturated heterocycles. The van der Waals surface area contributed by atoms with E-state index in [1.54, 1.807) is 25.4 Å². The number of benzene rings is 1. The van der Waals surface area contributed by atoms with Crippen LogP contribution >= 0.6 is 0 Å². The van der Waals surface area contributed by atoms with Gasteiger partial charge in [-0.2, -0.15) is 5.10 Å². The van der Waals surface area contributed by atoms with Crippen molar-refractivity contribution >= 4 is 12.0 Å². The molecule has 2 aromatic rings. The summed E-state index contributed by atoms with van der Waals surface area (Å²) in [6.45, 7) is 0.212. The van der Waals surface area contributed by atoms with Gasteiger partial charge in [0.2, 0.25) is 6.79 Å². The quantitative estimate of drug-likeness (QED) is 0.649. The van der Waals surface area contributed by atoms with Crippen molar-refractivity contribution < 1.29 is 9.47 Å². The van der Waals surface area contributed by atoms with Crippen molar-refractivity contribution in [1.82, 2.24) is 9.13 Å². The fourth-order valence-electron chi connectivity index (χ4n) is 2.01. The van der Waals surface area contributed by atoms with Gasteiger partial charge in [-0.1, -0.05) is 0 Å². The average molecular weight is 302 g/mol. The number of hydrogen-bond donors (Lipinski definition) is 1. The van der Waals surface area contributed by atoms with E-state index in [9.17, 15) is 9.59 Å². The third kappa shape index (κ3) is 2.46. The Balaban J connectivity index is 1.81. The van der Waals surface area contributed by atoms with Crippen molar-refractivity contribution in [3.05, 3.63) is 50.7 Å². The van der Waals surface area contributed by atoms with Crippen molar-refractivity contribution in [3.63, 3.8) is 0 Å². The molecule has 1 aliphatic heterocycles. The highest BCUT2D eigenvalue weighted by molar-refractivity contribution is 5.81. The molecule has 0 amide bonds. The van der Waals surface area contributed by atoms with E-state index in [1.165, 1.54) is 17.7 Å². The summed E-state index contributed by atoms with van der Waals surface area (Å²) in [4.78, 5) is 23.4. The Morgan fingerprint density at radius 3 is 2.73 bits per heavy atom. The fraction of sp³-hybridized carbons (Fsp3) is 0.214. The van der Waals surface area contributed by atoms with Gasteiger partial charge in [0.15, 0.2) is 11.5 Å². The highest BCUT2D eigenvalue weighted by Crippen LogP contribution is 2.31. The van der Waals surface area contributed by atoms with E-state index in [0.717, 1.165) is 10.1 Å². The topological polar surface area (TPSA) is 86.8 Å². The average Bonchev–Trinajstić information content (AvgIpc) is 2.98. The first-order chi connectivity index (χ1) is 10.6. The van der Waals surface area contributed by atoms with Gasteiger partial charge in [0, 0.05) is 20.2 Å². The molecule has 22 heavy (non-hydrogen) atoms. The molecule has 1 aromatic heterocycles. The van der Waals surface area contributed by atoms with Crippen LogP contribution in [-0.4, -0.2) is 22.1 Å². The van der Waals surface area contributed by atoms with E-state index in [-0.39, 0.29) is 6.79 Å². The lowest BCUT2D eigenvalue weighted by Gasteiger charge is -2.07. The van der Waals surface area contributed by atoms with Gasteiger partial charge in [-0.3, -0.25) is 19.4 Å². The molecule has 0 spiro atoms. The largest absolute Gasteiger partial charge is 0.454 e. The Morgan fingerprint density at radius 2 is 1.91 bits per heavy atom. The summed E-state index contributed by atoms with van der Waals surface area (Å²) in [6.07, 6.45) is 1.56. The molecule has 8 nitrogen and oxygen atoms in total. The molecular weight excluding hydrogens is 288 g/mol. The van der Waals surface area contributed by atoms with Crippen LogP contribution in [0.3, 0.4) is 0 Å². The number of ether oxygens (including phenoxy) is 2. The number of fused-ring (bicyclic) bond motifs is 1. The highest BCUT2D eigenvalue weighted by atomic mass is 16.7. The second-order valence-electron chi connectivity index (χ2n) is 4.75. The van der Waals surface area contributed by atoms with Gasteiger partial charge < -0.3 is 9.47 Å². The molecule has 1 N–H and O–H groups in total. The van der Waals surface area contributed by atoms with Crippen LogP contribution in [-0.2, 0) is 14.1 Å². The summed E-state index contributed by atoms with van der Waals surface area (Å²) >= 11 is 0. The van der Waals surface area contributed by atoms with E-state index in [2.05, 4.69) is 10.5 Å². The molecule has 0 bridgehead atoms. The molecule has 1 aliphatic rings. The molecule has 0 saturated carbocycles. The number of aromatic nitrogens is 2. The van der Waals surface area contributed by atoms with Crippen molar-refractivity contribution in [3.8, 4) is 11.5 Å². The standard InChI is InChI=1S/C14H14N4O4/c1-17-12(6-13(19)18(2)14(17)20)16-15-7-9-3-4-10-11(5-9)22-8-21-10/h3-7,16H,8H2,1-2H3/b15-7+. The van der Waals surface area contributed by atoms with Crippen molar-refractivity contribution in [2.24, 2.45) is 19.2 Å². The van der Waals surface area contributed by atoms with Crippen molar-refractivity contribution in [2.75, 3.05) is 12.2 Å². The summed E-state index contributed by atoms with van der Waals surface area (Å²) < 4.78 is 12.8. The van der Waals surface area contributed by atoms with Gasteiger partial charge in [-0.25, -0.2) is 4.79 Å². The van der Waals surface area contributed by atoms with E-state index in [0.29, 0.717) is 17.3 Å². The van der Waals surface area contributed by atoms with Crippen molar-refractivity contribution in [1.29, 1.82) is 0 Å². The lowest BCUT2D eigenvalue weighted by molar-refractivity contribution is 0.174. The minimum atomic E-state index is -0.423. The molecule has 0 fully saturated rings. The Morgan fingerprint density at radius 1 is 1.14 bits per heavy atom. The molecule has 1 aromatic carbocycles. The van der Waals surface area contributed by atoms with Crippen LogP contribution < -0.4 is 26.1 Å². The summed E-state index contributed by atoms with van der Waals surface area (Å²) in [5.41, 5.74) is 2.66. The number of hydrogen-bond acceptors (Lipinski definition) is 6. The van der Waals surface area contributed by atoms with E-state index in [4.69, 9.17) is 9.47 Å². The minimum absolute atomic E-state index is 0.212.